The maximum absolute atomic E-state index is 13.3. The molecule has 0 aliphatic heterocycles. The second kappa shape index (κ2) is 9.92. The summed E-state index contributed by atoms with van der Waals surface area (Å²) in [5.41, 5.74) is -0.164. The molecule has 0 aliphatic rings. The highest BCUT2D eigenvalue weighted by Gasteiger charge is 2.36. The predicted molar refractivity (Wildman–Crippen MR) is 103 cm³/mol. The molecule has 1 heterocycles. The first kappa shape index (κ1) is 21.5. The number of ether oxygens (including phenoxy) is 1. The zero-order valence-electron chi connectivity index (χ0n) is 15.4. The Hall–Kier alpha value is -1.83. The molecule has 0 spiro atoms. The maximum Gasteiger partial charge on any atom is 0.423 e. The number of nitrogens with zero attached hydrogens (tertiary/aromatic N) is 3. The van der Waals surface area contributed by atoms with Gasteiger partial charge in [0.1, 0.15) is 5.56 Å². The summed E-state index contributed by atoms with van der Waals surface area (Å²) in [5, 5.41) is 0. The molecule has 0 atom stereocenters. The Morgan fingerprint density at radius 3 is 2.37 bits per heavy atom. The van der Waals surface area contributed by atoms with Gasteiger partial charge in [-0.05, 0) is 37.6 Å². The molecule has 0 saturated heterocycles. The average molecular weight is 446 g/mol. The fraction of sp³-hybridized carbons (Fsp3) is 0.474. The Morgan fingerprint density at radius 1 is 1.07 bits per heavy atom. The monoisotopic (exact) mass is 445 g/mol. The smallest absolute Gasteiger partial charge is 0.423 e. The van der Waals surface area contributed by atoms with Gasteiger partial charge < -0.3 is 9.64 Å². The molecule has 27 heavy (non-hydrogen) atoms. The molecule has 0 saturated carbocycles. The lowest BCUT2D eigenvalue weighted by atomic mass is 10.2. The van der Waals surface area contributed by atoms with Crippen LogP contribution in [0.3, 0.4) is 0 Å². The summed E-state index contributed by atoms with van der Waals surface area (Å²) < 4.78 is 46.1. The van der Waals surface area contributed by atoms with Gasteiger partial charge >= 0.3 is 6.18 Å². The van der Waals surface area contributed by atoms with Gasteiger partial charge in [-0.3, -0.25) is 0 Å². The van der Waals surface area contributed by atoms with Crippen LogP contribution < -0.4 is 9.64 Å². The minimum Gasteiger partial charge on any atom is -0.477 e. The van der Waals surface area contributed by atoms with Crippen LogP contribution in [0.25, 0.3) is 0 Å². The highest BCUT2D eigenvalue weighted by Crippen LogP contribution is 2.36. The molecule has 148 valence electrons. The Bertz CT molecular complexity index is 723. The fourth-order valence-corrected chi connectivity index (χ4v) is 2.81. The summed E-state index contributed by atoms with van der Waals surface area (Å²) >= 11 is 3.37. The highest BCUT2D eigenvalue weighted by atomic mass is 79.9. The first-order valence-corrected chi connectivity index (χ1v) is 9.76. The zero-order valence-corrected chi connectivity index (χ0v) is 17.0. The quantitative estimate of drug-likeness (QED) is 0.420. The van der Waals surface area contributed by atoms with Crippen LogP contribution in [0.1, 0.15) is 45.1 Å². The van der Waals surface area contributed by atoms with Gasteiger partial charge in [-0.15, -0.1) is 0 Å². The number of halogens is 4. The third-order valence-corrected chi connectivity index (χ3v) is 4.51. The van der Waals surface area contributed by atoms with Crippen LogP contribution in [0.15, 0.2) is 34.9 Å². The number of benzene rings is 1. The standard InChI is InChI=1S/C19H23BrF3N3O/c1-3-5-6-7-12-27-17-16(19(21,22)23)13-24-18(25-17)26(4-2)15-10-8-14(20)9-11-15/h8-11,13H,3-7,12H2,1-2H3. The van der Waals surface area contributed by atoms with Crippen molar-refractivity contribution in [1.82, 2.24) is 9.97 Å². The molecule has 2 aromatic rings. The van der Waals surface area contributed by atoms with E-state index in [0.717, 1.165) is 35.6 Å². The Labute approximate surface area is 165 Å². The molecule has 4 nitrogen and oxygen atoms in total. The molecule has 1 aromatic carbocycles. The van der Waals surface area contributed by atoms with Crippen LogP contribution in [0.4, 0.5) is 24.8 Å². The van der Waals surface area contributed by atoms with Gasteiger partial charge in [-0.25, -0.2) is 4.98 Å². The van der Waals surface area contributed by atoms with Crippen molar-refractivity contribution in [3.8, 4) is 5.88 Å². The van der Waals surface area contributed by atoms with Crippen LogP contribution in [-0.2, 0) is 6.18 Å². The van der Waals surface area contributed by atoms with E-state index >= 15 is 0 Å². The summed E-state index contributed by atoms with van der Waals surface area (Å²) in [7, 11) is 0. The highest BCUT2D eigenvalue weighted by molar-refractivity contribution is 9.10. The van der Waals surface area contributed by atoms with Crippen LogP contribution in [0.2, 0.25) is 0 Å². The number of alkyl halides is 3. The van der Waals surface area contributed by atoms with E-state index in [0.29, 0.717) is 13.0 Å². The lowest BCUT2D eigenvalue weighted by Gasteiger charge is -2.22. The summed E-state index contributed by atoms with van der Waals surface area (Å²) in [5.74, 6) is -0.240. The Kier molecular flexibility index (Phi) is 7.89. The van der Waals surface area contributed by atoms with Gasteiger partial charge in [0, 0.05) is 22.9 Å². The maximum atomic E-state index is 13.3. The Balaban J connectivity index is 2.28. The normalized spacial score (nSPS) is 11.5. The van der Waals surface area contributed by atoms with Gasteiger partial charge in [0.2, 0.25) is 11.8 Å². The molecular weight excluding hydrogens is 423 g/mol. The summed E-state index contributed by atoms with van der Waals surface area (Å²) in [6.07, 6.45) is -0.0938. The predicted octanol–water partition coefficient (Wildman–Crippen LogP) is 6.38. The van der Waals surface area contributed by atoms with Gasteiger partial charge in [0.25, 0.3) is 0 Å². The molecule has 0 unspecified atom stereocenters. The van der Waals surface area contributed by atoms with Crippen molar-refractivity contribution in [2.45, 2.75) is 45.7 Å². The van der Waals surface area contributed by atoms with E-state index in [2.05, 4.69) is 32.8 Å². The Morgan fingerprint density at radius 2 is 1.78 bits per heavy atom. The minimum absolute atomic E-state index is 0.177. The molecule has 8 heteroatoms. The molecule has 0 aliphatic carbocycles. The molecule has 1 aromatic heterocycles. The third kappa shape index (κ3) is 6.09. The van der Waals surface area contributed by atoms with Crippen LogP contribution in [-0.4, -0.2) is 23.1 Å². The lowest BCUT2D eigenvalue weighted by Crippen LogP contribution is -2.21. The van der Waals surface area contributed by atoms with Crippen molar-refractivity contribution in [3.05, 3.63) is 40.5 Å². The summed E-state index contributed by atoms with van der Waals surface area (Å²) in [4.78, 5) is 9.76. The third-order valence-electron chi connectivity index (χ3n) is 3.98. The van der Waals surface area contributed by atoms with Crippen molar-refractivity contribution in [2.75, 3.05) is 18.1 Å². The van der Waals surface area contributed by atoms with E-state index in [1.54, 1.807) is 4.90 Å². The van der Waals surface area contributed by atoms with E-state index in [9.17, 15) is 13.2 Å². The SMILES string of the molecule is CCCCCCOc1nc(N(CC)c2ccc(Br)cc2)ncc1C(F)(F)F. The summed E-state index contributed by atoms with van der Waals surface area (Å²) in [6.45, 7) is 4.65. The topological polar surface area (TPSA) is 38.2 Å². The van der Waals surface area contributed by atoms with Gasteiger partial charge in [0.15, 0.2) is 0 Å². The molecule has 0 N–H and O–H groups in total. The number of anilines is 2. The number of unbranched alkanes of at least 4 members (excludes halogenated alkanes) is 3. The van der Waals surface area contributed by atoms with E-state index in [1.165, 1.54) is 0 Å². The molecule has 0 fully saturated rings. The van der Waals surface area contributed by atoms with Gasteiger partial charge in [0.05, 0.1) is 6.61 Å². The minimum atomic E-state index is -4.56. The summed E-state index contributed by atoms with van der Waals surface area (Å²) in [6, 6.07) is 7.40. The second-order valence-corrected chi connectivity index (χ2v) is 6.93. The van der Waals surface area contributed by atoms with E-state index in [1.807, 2.05) is 31.2 Å². The van der Waals surface area contributed by atoms with E-state index in [4.69, 9.17) is 4.74 Å². The number of hydrogen-bond donors (Lipinski definition) is 0. The largest absolute Gasteiger partial charge is 0.477 e. The average Bonchev–Trinajstić information content (AvgIpc) is 2.63. The molecular formula is C19H23BrF3N3O. The van der Waals surface area contributed by atoms with E-state index in [-0.39, 0.29) is 12.6 Å². The number of aromatic nitrogens is 2. The number of rotatable bonds is 9. The molecule has 0 bridgehead atoms. The van der Waals surface area contributed by atoms with Crippen LogP contribution in [0, 0.1) is 0 Å². The van der Waals surface area contributed by atoms with Gasteiger partial charge in [-0.2, -0.15) is 18.2 Å². The van der Waals surface area contributed by atoms with Crippen molar-refractivity contribution >= 4 is 27.6 Å². The molecule has 0 radical (unpaired) electrons. The van der Waals surface area contributed by atoms with Crippen LogP contribution >= 0.6 is 15.9 Å². The second-order valence-electron chi connectivity index (χ2n) is 6.02. The van der Waals surface area contributed by atoms with E-state index < -0.39 is 17.6 Å². The van der Waals surface area contributed by atoms with Crippen molar-refractivity contribution in [2.24, 2.45) is 0 Å². The van der Waals surface area contributed by atoms with Crippen LogP contribution in [0.5, 0.6) is 5.88 Å². The molecule has 2 rings (SSSR count). The van der Waals surface area contributed by atoms with Crippen molar-refractivity contribution < 1.29 is 17.9 Å². The first-order valence-electron chi connectivity index (χ1n) is 8.97. The zero-order chi connectivity index (χ0) is 19.9. The molecule has 0 amide bonds. The van der Waals surface area contributed by atoms with Crippen molar-refractivity contribution in [3.63, 3.8) is 0 Å². The number of hydrogen-bond acceptors (Lipinski definition) is 4. The first-order chi connectivity index (χ1) is 12.9. The van der Waals surface area contributed by atoms with Gasteiger partial charge in [-0.1, -0.05) is 42.1 Å². The lowest BCUT2D eigenvalue weighted by molar-refractivity contribution is -0.139. The fourth-order valence-electron chi connectivity index (χ4n) is 2.55. The van der Waals surface area contributed by atoms with Crippen molar-refractivity contribution in [1.29, 1.82) is 0 Å².